The number of nitrogens with one attached hydrogen (secondary N) is 1. The quantitative estimate of drug-likeness (QED) is 0.832. The molecule has 0 saturated heterocycles. The summed E-state index contributed by atoms with van der Waals surface area (Å²) in [6, 6.07) is 8.14. The summed E-state index contributed by atoms with van der Waals surface area (Å²) in [5, 5.41) is 2.99. The molecule has 1 fully saturated rings. The minimum absolute atomic E-state index is 0.0292. The van der Waals surface area contributed by atoms with Gasteiger partial charge in [0.05, 0.1) is 5.92 Å². The average Bonchev–Trinajstić information content (AvgIpc) is 3.23. The second-order valence-corrected chi connectivity index (χ2v) is 7.18. The van der Waals surface area contributed by atoms with Crippen molar-refractivity contribution in [3.05, 3.63) is 53.6 Å². The van der Waals surface area contributed by atoms with E-state index in [0.717, 1.165) is 43.6 Å². The van der Waals surface area contributed by atoms with Crippen LogP contribution in [0.2, 0.25) is 0 Å². The van der Waals surface area contributed by atoms with E-state index in [1.165, 1.54) is 5.56 Å². The molecule has 1 saturated carbocycles. The van der Waals surface area contributed by atoms with Crippen LogP contribution in [-0.4, -0.2) is 27.8 Å². The molecule has 1 aliphatic carbocycles. The number of hydrogen-bond donors (Lipinski definition) is 1. The molecule has 5 nitrogen and oxygen atoms in total. The Morgan fingerprint density at radius 3 is 2.73 bits per heavy atom. The van der Waals surface area contributed by atoms with Gasteiger partial charge in [-0.25, -0.2) is 4.98 Å². The van der Waals surface area contributed by atoms with Gasteiger partial charge in [-0.15, -0.1) is 0 Å². The average molecular weight is 353 g/mol. The van der Waals surface area contributed by atoms with Crippen LogP contribution in [0.15, 0.2) is 36.7 Å². The number of aromatic nitrogens is 2. The van der Waals surface area contributed by atoms with E-state index in [-0.39, 0.29) is 17.7 Å². The molecule has 0 unspecified atom stereocenters. The first-order chi connectivity index (χ1) is 12.5. The molecular weight excluding hydrogens is 326 g/mol. The molecule has 26 heavy (non-hydrogen) atoms. The molecule has 1 N–H and O–H groups in total. The number of benzene rings is 1. The van der Waals surface area contributed by atoms with Crippen LogP contribution < -0.4 is 5.32 Å². The smallest absolute Gasteiger partial charge is 0.227 e. The number of carbonyl (C=O) groups excluding carboxylic acids is 2. The Labute approximate surface area is 154 Å². The lowest BCUT2D eigenvalue weighted by atomic mass is 9.94. The van der Waals surface area contributed by atoms with Gasteiger partial charge in [0.1, 0.15) is 11.6 Å². The van der Waals surface area contributed by atoms with E-state index in [1.54, 1.807) is 6.20 Å². The van der Waals surface area contributed by atoms with Gasteiger partial charge in [-0.1, -0.05) is 24.3 Å². The van der Waals surface area contributed by atoms with E-state index >= 15 is 0 Å². The predicted octanol–water partition coefficient (Wildman–Crippen LogP) is 3.02. The molecule has 1 aliphatic rings. The molecule has 5 heteroatoms. The molecule has 3 rings (SSSR count). The number of ketones is 1. The van der Waals surface area contributed by atoms with Gasteiger partial charge in [0.2, 0.25) is 5.91 Å². The molecule has 0 aliphatic heterocycles. The normalized spacial score (nSPS) is 18.1. The van der Waals surface area contributed by atoms with E-state index in [1.807, 2.05) is 36.7 Å². The first-order valence-electron chi connectivity index (χ1n) is 9.41. The summed E-state index contributed by atoms with van der Waals surface area (Å²) >= 11 is 0. The maximum absolute atomic E-state index is 12.4. The van der Waals surface area contributed by atoms with Crippen LogP contribution in [0, 0.1) is 12.8 Å². The number of Topliss-reactive ketones (excluding diaryl/α,β-unsaturated/α-hetero) is 1. The molecule has 1 aromatic heterocycles. The second-order valence-electron chi connectivity index (χ2n) is 7.18. The Morgan fingerprint density at radius 1 is 1.35 bits per heavy atom. The van der Waals surface area contributed by atoms with Crippen molar-refractivity contribution in [3.63, 3.8) is 0 Å². The first-order valence-corrected chi connectivity index (χ1v) is 9.41. The van der Waals surface area contributed by atoms with E-state index in [4.69, 9.17) is 0 Å². The number of imidazole rings is 1. The zero-order valence-corrected chi connectivity index (χ0v) is 15.6. The molecule has 2 aromatic rings. The summed E-state index contributed by atoms with van der Waals surface area (Å²) in [5.74, 6) is 1.37. The van der Waals surface area contributed by atoms with Crippen LogP contribution in [0.1, 0.15) is 49.1 Å². The second kappa shape index (κ2) is 8.30. The molecule has 0 spiro atoms. The zero-order valence-electron chi connectivity index (χ0n) is 15.6. The largest absolute Gasteiger partial charge is 0.354 e. The summed E-state index contributed by atoms with van der Waals surface area (Å²) in [6.07, 6.45) is 7.27. The van der Waals surface area contributed by atoms with Crippen LogP contribution in [0.3, 0.4) is 0 Å². The van der Waals surface area contributed by atoms with Crippen molar-refractivity contribution >= 4 is 11.7 Å². The third-order valence-electron chi connectivity index (χ3n) is 5.36. The van der Waals surface area contributed by atoms with Crippen LogP contribution in [0.5, 0.6) is 0 Å². The predicted molar refractivity (Wildman–Crippen MR) is 101 cm³/mol. The van der Waals surface area contributed by atoms with E-state index in [9.17, 15) is 9.59 Å². The fourth-order valence-electron chi connectivity index (χ4n) is 3.57. The van der Waals surface area contributed by atoms with E-state index < -0.39 is 0 Å². The third kappa shape index (κ3) is 4.40. The molecular formula is C21H27N3O2. The van der Waals surface area contributed by atoms with Gasteiger partial charge in [-0.3, -0.25) is 9.59 Å². The van der Waals surface area contributed by atoms with Crippen LogP contribution in [0.25, 0.3) is 0 Å². The number of carbonyl (C=O) groups is 2. The van der Waals surface area contributed by atoms with Crippen LogP contribution in [0.4, 0.5) is 0 Å². The Bertz CT molecular complexity index is 764. The Morgan fingerprint density at radius 2 is 2.12 bits per heavy atom. The van der Waals surface area contributed by atoms with Crippen molar-refractivity contribution in [1.29, 1.82) is 0 Å². The summed E-state index contributed by atoms with van der Waals surface area (Å²) in [7, 11) is 0. The van der Waals surface area contributed by atoms with Gasteiger partial charge in [-0.05, 0) is 44.2 Å². The highest BCUT2D eigenvalue weighted by Gasteiger charge is 2.24. The number of rotatable bonds is 7. The maximum atomic E-state index is 12.4. The maximum Gasteiger partial charge on any atom is 0.227 e. The Kier molecular flexibility index (Phi) is 5.86. The van der Waals surface area contributed by atoms with Gasteiger partial charge in [-0.2, -0.15) is 0 Å². The van der Waals surface area contributed by atoms with Crippen molar-refractivity contribution in [1.82, 2.24) is 14.9 Å². The van der Waals surface area contributed by atoms with Crippen molar-refractivity contribution in [3.8, 4) is 0 Å². The monoisotopic (exact) mass is 353 g/mol. The SMILES string of the molecule is Cc1nccn1CCNC(=O)[C@H](C)c1ccc(C[C@@H]2CCCC2=O)cc1. The van der Waals surface area contributed by atoms with Gasteiger partial charge in [0.15, 0.2) is 0 Å². The number of nitrogens with zero attached hydrogens (tertiary/aromatic N) is 2. The van der Waals surface area contributed by atoms with E-state index in [2.05, 4.69) is 22.4 Å². The summed E-state index contributed by atoms with van der Waals surface area (Å²) in [5.41, 5.74) is 2.18. The van der Waals surface area contributed by atoms with Gasteiger partial charge < -0.3 is 9.88 Å². The highest BCUT2D eigenvalue weighted by atomic mass is 16.1. The fraction of sp³-hybridized carbons (Fsp3) is 0.476. The molecule has 0 bridgehead atoms. The fourth-order valence-corrected chi connectivity index (χ4v) is 3.57. The number of aryl methyl sites for hydroxylation is 1. The van der Waals surface area contributed by atoms with Crippen molar-refractivity contribution < 1.29 is 9.59 Å². The molecule has 0 radical (unpaired) electrons. The lowest BCUT2D eigenvalue weighted by Gasteiger charge is -2.14. The molecule has 2 atom stereocenters. The van der Waals surface area contributed by atoms with Crippen molar-refractivity contribution in [2.75, 3.05) is 6.54 Å². The lowest BCUT2D eigenvalue weighted by molar-refractivity contribution is -0.122. The minimum atomic E-state index is -0.193. The lowest BCUT2D eigenvalue weighted by Crippen LogP contribution is -2.31. The van der Waals surface area contributed by atoms with Gasteiger partial charge in [0.25, 0.3) is 0 Å². The standard InChI is InChI=1S/C21H27N3O2/c1-15(21(26)23-11-13-24-12-10-22-16(24)2)18-8-6-17(7-9-18)14-19-4-3-5-20(19)25/h6-10,12,15,19H,3-5,11,13-14H2,1-2H3,(H,23,26)/t15-,19+/m1/s1. The summed E-state index contributed by atoms with van der Waals surface area (Å²) in [6.45, 7) is 5.18. The molecule has 1 heterocycles. The molecule has 1 aromatic carbocycles. The topological polar surface area (TPSA) is 64.0 Å². The van der Waals surface area contributed by atoms with Gasteiger partial charge in [0, 0.05) is 37.8 Å². The zero-order chi connectivity index (χ0) is 18.5. The van der Waals surface area contributed by atoms with Gasteiger partial charge >= 0.3 is 0 Å². The van der Waals surface area contributed by atoms with Crippen molar-refractivity contribution in [2.45, 2.75) is 52.0 Å². The van der Waals surface area contributed by atoms with Crippen LogP contribution in [-0.2, 0) is 22.6 Å². The Hall–Kier alpha value is -2.43. The summed E-state index contributed by atoms with van der Waals surface area (Å²) in [4.78, 5) is 28.3. The number of amides is 1. The van der Waals surface area contributed by atoms with E-state index in [0.29, 0.717) is 12.3 Å². The minimum Gasteiger partial charge on any atom is -0.354 e. The van der Waals surface area contributed by atoms with Crippen molar-refractivity contribution in [2.24, 2.45) is 5.92 Å². The highest BCUT2D eigenvalue weighted by Crippen LogP contribution is 2.25. The van der Waals surface area contributed by atoms with Crippen LogP contribution >= 0.6 is 0 Å². The highest BCUT2D eigenvalue weighted by molar-refractivity contribution is 5.83. The molecule has 1 amide bonds. The summed E-state index contributed by atoms with van der Waals surface area (Å²) < 4.78 is 2.02. The Balaban J connectivity index is 1.50. The number of hydrogen-bond acceptors (Lipinski definition) is 3. The first kappa shape index (κ1) is 18.4. The third-order valence-corrected chi connectivity index (χ3v) is 5.36. The molecule has 138 valence electrons.